The number of hydrogen-bond acceptors (Lipinski definition) is 2. The molecule has 2 heteroatoms. The van der Waals surface area contributed by atoms with Gasteiger partial charge in [0.25, 0.3) is 0 Å². The molecule has 2 nitrogen and oxygen atoms in total. The molecule has 6 rings (SSSR count). The van der Waals surface area contributed by atoms with Crippen molar-refractivity contribution in [3.05, 3.63) is 76.9 Å². The molecule has 2 aromatic carbocycles. The minimum Gasteiger partial charge on any atom is -0.366 e. The van der Waals surface area contributed by atoms with E-state index in [2.05, 4.69) is 60.7 Å². The summed E-state index contributed by atoms with van der Waals surface area (Å²) in [4.78, 5) is 0. The second-order valence-corrected chi connectivity index (χ2v) is 6.77. The third kappa shape index (κ3) is 1.25. The van der Waals surface area contributed by atoms with Crippen molar-refractivity contribution in [3.8, 4) is 0 Å². The molecule has 0 aromatic heterocycles. The van der Waals surface area contributed by atoms with Crippen molar-refractivity contribution in [1.29, 1.82) is 0 Å². The number of fused-ring (bicyclic) bond motifs is 12. The van der Waals surface area contributed by atoms with Gasteiger partial charge in [-0.3, -0.25) is 0 Å². The van der Waals surface area contributed by atoms with E-state index in [1.54, 1.807) is 0 Å². The molecule has 22 heavy (non-hydrogen) atoms. The van der Waals surface area contributed by atoms with E-state index in [1.165, 1.54) is 22.3 Å². The van der Waals surface area contributed by atoms with Gasteiger partial charge >= 0.3 is 0 Å². The highest BCUT2D eigenvalue weighted by Gasteiger charge is 2.61. The van der Waals surface area contributed by atoms with Gasteiger partial charge in [0.1, 0.15) is 6.10 Å². The Morgan fingerprint density at radius 3 is 2.27 bits per heavy atom. The van der Waals surface area contributed by atoms with Gasteiger partial charge in [0.15, 0.2) is 0 Å². The Hall–Kier alpha value is -1.90. The normalized spacial score (nSPS) is 39.3. The van der Waals surface area contributed by atoms with E-state index in [-0.39, 0.29) is 24.4 Å². The highest BCUT2D eigenvalue weighted by molar-refractivity contribution is 5.59. The third-order valence-corrected chi connectivity index (χ3v) is 5.83. The van der Waals surface area contributed by atoms with Crippen molar-refractivity contribution in [2.75, 3.05) is 0 Å². The van der Waals surface area contributed by atoms with Crippen LogP contribution in [0.25, 0.3) is 6.08 Å². The Morgan fingerprint density at radius 2 is 1.41 bits per heavy atom. The van der Waals surface area contributed by atoms with Crippen molar-refractivity contribution in [2.45, 2.75) is 24.4 Å². The first-order valence-electron chi connectivity index (χ1n) is 8.09. The quantitative estimate of drug-likeness (QED) is 0.723. The van der Waals surface area contributed by atoms with Crippen LogP contribution in [0.4, 0.5) is 0 Å². The monoisotopic (exact) mass is 288 g/mol. The highest BCUT2D eigenvalue weighted by atomic mass is 16.6. The van der Waals surface area contributed by atoms with Crippen LogP contribution in [0.15, 0.2) is 54.6 Å². The van der Waals surface area contributed by atoms with Crippen LogP contribution >= 0.6 is 0 Å². The average Bonchev–Trinajstić information content (AvgIpc) is 3.23. The van der Waals surface area contributed by atoms with Gasteiger partial charge in [-0.2, -0.15) is 0 Å². The van der Waals surface area contributed by atoms with Crippen molar-refractivity contribution >= 4 is 6.08 Å². The van der Waals surface area contributed by atoms with E-state index in [0.29, 0.717) is 11.8 Å². The van der Waals surface area contributed by atoms with Crippen LogP contribution in [0.2, 0.25) is 0 Å². The smallest absolute Gasteiger partial charge is 0.110 e. The number of ether oxygens (including phenoxy) is 2. The van der Waals surface area contributed by atoms with Gasteiger partial charge in [0, 0.05) is 11.8 Å². The Morgan fingerprint density at radius 1 is 0.682 bits per heavy atom. The summed E-state index contributed by atoms with van der Waals surface area (Å²) in [6.07, 6.45) is 5.34. The van der Waals surface area contributed by atoms with Crippen molar-refractivity contribution in [3.63, 3.8) is 0 Å². The summed E-state index contributed by atoms with van der Waals surface area (Å²) >= 11 is 0. The van der Waals surface area contributed by atoms with Crippen molar-refractivity contribution in [1.82, 2.24) is 0 Å². The molecule has 1 aliphatic carbocycles. The maximum atomic E-state index is 6.53. The summed E-state index contributed by atoms with van der Waals surface area (Å²) in [5, 5.41) is 0. The number of rotatable bonds is 0. The molecule has 0 radical (unpaired) electrons. The molecule has 0 spiro atoms. The fourth-order valence-electron chi connectivity index (χ4n) is 4.95. The lowest BCUT2D eigenvalue weighted by Crippen LogP contribution is -2.26. The Bertz CT molecular complexity index is 809. The second kappa shape index (κ2) is 3.89. The molecule has 3 aliphatic heterocycles. The first-order valence-corrected chi connectivity index (χ1v) is 8.09. The predicted molar refractivity (Wildman–Crippen MR) is 83.1 cm³/mol. The molecule has 108 valence electrons. The Kier molecular flexibility index (Phi) is 2.06. The summed E-state index contributed by atoms with van der Waals surface area (Å²) in [6, 6.07) is 17.3. The van der Waals surface area contributed by atoms with E-state index in [1.807, 2.05) is 0 Å². The zero-order valence-electron chi connectivity index (χ0n) is 12.1. The van der Waals surface area contributed by atoms with Crippen LogP contribution in [0.1, 0.15) is 40.6 Å². The topological polar surface area (TPSA) is 18.5 Å². The maximum Gasteiger partial charge on any atom is 0.110 e. The lowest BCUT2D eigenvalue weighted by atomic mass is 9.73. The van der Waals surface area contributed by atoms with Crippen LogP contribution in [0.3, 0.4) is 0 Å². The Labute approximate surface area is 129 Å². The van der Waals surface area contributed by atoms with Crippen LogP contribution in [-0.4, -0.2) is 6.10 Å². The molecule has 2 fully saturated rings. The number of hydrogen-bond donors (Lipinski definition) is 0. The van der Waals surface area contributed by atoms with Crippen LogP contribution in [0.5, 0.6) is 0 Å². The summed E-state index contributed by atoms with van der Waals surface area (Å²) in [7, 11) is 0. The van der Waals surface area contributed by atoms with Gasteiger partial charge in [-0.25, -0.2) is 0 Å². The summed E-state index contributed by atoms with van der Waals surface area (Å²) in [6.45, 7) is 0. The predicted octanol–water partition coefficient (Wildman–Crippen LogP) is 4.21. The van der Waals surface area contributed by atoms with E-state index < -0.39 is 0 Å². The van der Waals surface area contributed by atoms with Gasteiger partial charge in [-0.15, -0.1) is 0 Å². The zero-order valence-corrected chi connectivity index (χ0v) is 12.1. The van der Waals surface area contributed by atoms with E-state index in [0.717, 1.165) is 0 Å². The first-order chi connectivity index (χ1) is 10.9. The molecule has 0 amide bonds. The molecule has 2 aromatic rings. The molecule has 6 unspecified atom stereocenters. The molecule has 3 heterocycles. The van der Waals surface area contributed by atoms with E-state index >= 15 is 0 Å². The van der Waals surface area contributed by atoms with Crippen molar-refractivity contribution in [2.24, 2.45) is 11.8 Å². The highest BCUT2D eigenvalue weighted by Crippen LogP contribution is 2.64. The first kappa shape index (κ1) is 11.6. The lowest BCUT2D eigenvalue weighted by Gasteiger charge is -2.27. The second-order valence-electron chi connectivity index (χ2n) is 6.77. The summed E-state index contributed by atoms with van der Waals surface area (Å²) in [5.74, 6) is 0.887. The zero-order chi connectivity index (χ0) is 14.3. The average molecular weight is 288 g/mol. The summed E-state index contributed by atoms with van der Waals surface area (Å²) in [5.41, 5.74) is 5.36. The van der Waals surface area contributed by atoms with Crippen molar-refractivity contribution < 1.29 is 9.47 Å². The summed E-state index contributed by atoms with van der Waals surface area (Å²) < 4.78 is 12.8. The SMILES string of the molecule is C1=CC2C(OC3C4OC(c5ccccc54)C23)c2ccccc21. The fourth-order valence-corrected chi connectivity index (χ4v) is 4.95. The lowest BCUT2D eigenvalue weighted by molar-refractivity contribution is -0.0396. The van der Waals surface area contributed by atoms with Gasteiger partial charge in [-0.1, -0.05) is 60.7 Å². The van der Waals surface area contributed by atoms with Gasteiger partial charge < -0.3 is 9.47 Å². The van der Waals surface area contributed by atoms with E-state index in [9.17, 15) is 0 Å². The standard InChI is InChI=1S/C20H16O2/c1-2-6-12-11(5-1)9-10-15-16-18-13-7-3-4-8-14(13)19(22-18)20(16)21-17(12)15/h1-10,15-20H. The molecular formula is C20H16O2. The maximum absolute atomic E-state index is 6.53. The molecule has 6 atom stereocenters. The van der Waals surface area contributed by atoms with Gasteiger partial charge in [-0.05, 0) is 22.3 Å². The fraction of sp³-hybridized carbons (Fsp3) is 0.300. The molecule has 2 bridgehead atoms. The van der Waals surface area contributed by atoms with Crippen LogP contribution in [0, 0.1) is 11.8 Å². The van der Waals surface area contributed by atoms with Crippen LogP contribution in [-0.2, 0) is 9.47 Å². The largest absolute Gasteiger partial charge is 0.366 e. The molecule has 0 saturated carbocycles. The number of benzene rings is 2. The third-order valence-electron chi connectivity index (χ3n) is 5.83. The van der Waals surface area contributed by atoms with Crippen LogP contribution < -0.4 is 0 Å². The Balaban J connectivity index is 1.48. The van der Waals surface area contributed by atoms with Gasteiger partial charge in [0.2, 0.25) is 0 Å². The molecule has 4 aliphatic rings. The minimum absolute atomic E-state index is 0.123. The van der Waals surface area contributed by atoms with E-state index in [4.69, 9.17) is 9.47 Å². The minimum atomic E-state index is 0.123. The van der Waals surface area contributed by atoms with Gasteiger partial charge in [0.05, 0.1) is 18.3 Å². The molecular weight excluding hydrogens is 272 g/mol. The molecule has 2 saturated heterocycles. The molecule has 0 N–H and O–H groups in total.